The lowest BCUT2D eigenvalue weighted by molar-refractivity contribution is 0.724. The molecule has 0 saturated carbocycles. The first-order valence-corrected chi connectivity index (χ1v) is 6.40. The van der Waals surface area contributed by atoms with E-state index in [1.54, 1.807) is 0 Å². The predicted octanol–water partition coefficient (Wildman–Crippen LogP) is 7.03. The van der Waals surface area contributed by atoms with Crippen LogP contribution in [-0.2, 0) is 0 Å². The van der Waals surface area contributed by atoms with Crippen LogP contribution in [0.1, 0.15) is 33.4 Å². The minimum absolute atomic E-state index is 0.0575. The van der Waals surface area contributed by atoms with Crippen LogP contribution in [-0.4, -0.2) is 0 Å². The zero-order valence-corrected chi connectivity index (χ0v) is 11.9. The molecule has 120 valence electrons. The van der Waals surface area contributed by atoms with Crippen molar-refractivity contribution in [1.29, 1.82) is 0 Å². The minimum Gasteiger partial charge on any atom is -0.216 e. The normalized spacial score (nSPS) is 12.7. The number of halogens is 5. The van der Waals surface area contributed by atoms with Gasteiger partial charge in [0.05, 0.1) is 31.6 Å². The van der Waals surface area contributed by atoms with Gasteiger partial charge in [-0.25, -0.2) is 22.0 Å². The average Bonchev–Trinajstić information content (AvgIpc) is 2.54. The van der Waals surface area contributed by atoms with E-state index in [2.05, 4.69) is 6.58 Å². The first kappa shape index (κ1) is 18.4. The van der Waals surface area contributed by atoms with E-state index in [1.165, 1.54) is 6.08 Å². The second kappa shape index (κ2) is 9.35. The molecule has 1 rings (SSSR count). The number of hydrogen-bond acceptors (Lipinski definition) is 0. The monoisotopic (exact) mass is 324 g/mol. The molecule has 0 aliphatic carbocycles. The summed E-state index contributed by atoms with van der Waals surface area (Å²) in [6, 6.07) is 0. The van der Waals surface area contributed by atoms with E-state index in [0.29, 0.717) is 0 Å². The van der Waals surface area contributed by atoms with E-state index in [-0.39, 0.29) is 65.0 Å². The van der Waals surface area contributed by atoms with Gasteiger partial charge in [0.15, 0.2) is 0 Å². The summed E-state index contributed by atoms with van der Waals surface area (Å²) >= 11 is 0. The van der Waals surface area contributed by atoms with Gasteiger partial charge >= 0.3 is 0 Å². The van der Waals surface area contributed by atoms with Crippen molar-refractivity contribution in [2.75, 3.05) is 0 Å². The van der Waals surface area contributed by atoms with Gasteiger partial charge in [0.1, 0.15) is 0 Å². The molecule has 0 aliphatic heterocycles. The molecule has 0 atom stereocenters. The number of benzene rings is 1. The van der Waals surface area contributed by atoms with Gasteiger partial charge in [0.25, 0.3) is 0 Å². The molecule has 0 unspecified atom stereocenters. The summed E-state index contributed by atoms with van der Waals surface area (Å²) in [6.45, 7) is 3.55. The Morgan fingerprint density at radius 3 is 0.826 bits per heavy atom. The van der Waals surface area contributed by atoms with Crippen molar-refractivity contribution < 1.29 is 22.0 Å². The smallest absolute Gasteiger partial charge is 0.0873 e. The highest BCUT2D eigenvalue weighted by atomic mass is 19.1. The highest BCUT2D eigenvalue weighted by molar-refractivity contribution is 5.89. The van der Waals surface area contributed by atoms with Crippen molar-refractivity contribution in [1.82, 2.24) is 0 Å². The third kappa shape index (κ3) is 3.94. The SMILES string of the molecule is C=Cc1c(C=CF)c(C=CF)c(C=CF)c(C=CF)c1C=CF. The molecule has 23 heavy (non-hydrogen) atoms. The fraction of sp³-hybridized carbons (Fsp3) is 0. The molecule has 0 spiro atoms. The van der Waals surface area contributed by atoms with Crippen molar-refractivity contribution in [3.05, 3.63) is 71.6 Å². The molecule has 0 amide bonds. The second-order valence-electron chi connectivity index (χ2n) is 4.15. The van der Waals surface area contributed by atoms with Gasteiger partial charge in [-0.1, -0.05) is 12.7 Å². The Bertz CT molecular complexity index is 658. The summed E-state index contributed by atoms with van der Waals surface area (Å²) in [5.74, 6) is 0. The second-order valence-corrected chi connectivity index (χ2v) is 4.15. The van der Waals surface area contributed by atoms with Gasteiger partial charge in [-0.3, -0.25) is 0 Å². The van der Waals surface area contributed by atoms with Crippen molar-refractivity contribution in [3.63, 3.8) is 0 Å². The van der Waals surface area contributed by atoms with E-state index in [4.69, 9.17) is 0 Å². The van der Waals surface area contributed by atoms with Crippen molar-refractivity contribution >= 4 is 36.5 Å². The average molecular weight is 324 g/mol. The van der Waals surface area contributed by atoms with Crippen LogP contribution >= 0.6 is 0 Å². The van der Waals surface area contributed by atoms with Crippen LogP contribution in [0.4, 0.5) is 22.0 Å². The van der Waals surface area contributed by atoms with Gasteiger partial charge in [0, 0.05) is 0 Å². The maximum absolute atomic E-state index is 12.7. The van der Waals surface area contributed by atoms with E-state index in [1.807, 2.05) is 0 Å². The van der Waals surface area contributed by atoms with Crippen molar-refractivity contribution in [2.24, 2.45) is 0 Å². The molecule has 1 aromatic rings. The summed E-state index contributed by atoms with van der Waals surface area (Å²) in [5.41, 5.74) is 0.776. The largest absolute Gasteiger partial charge is 0.216 e. The Labute approximate surface area is 131 Å². The molecule has 0 heterocycles. The fourth-order valence-corrected chi connectivity index (χ4v) is 2.30. The summed E-state index contributed by atoms with van der Waals surface area (Å²) in [7, 11) is 0. The lowest BCUT2D eigenvalue weighted by Gasteiger charge is -2.17. The third-order valence-electron chi connectivity index (χ3n) is 3.09. The molecule has 0 N–H and O–H groups in total. The first-order valence-electron chi connectivity index (χ1n) is 6.40. The maximum Gasteiger partial charge on any atom is 0.0873 e. The van der Waals surface area contributed by atoms with E-state index in [9.17, 15) is 22.0 Å². The minimum atomic E-state index is 0.0575. The van der Waals surface area contributed by atoms with Crippen LogP contribution in [0.25, 0.3) is 36.5 Å². The summed E-state index contributed by atoms with van der Waals surface area (Å²) in [4.78, 5) is 0. The molecule has 0 bridgehead atoms. The molecule has 1 aromatic carbocycles. The molecule has 0 saturated heterocycles. The maximum atomic E-state index is 12.7. The Morgan fingerprint density at radius 1 is 0.435 bits per heavy atom. The summed E-state index contributed by atoms with van der Waals surface area (Å²) in [6.07, 6.45) is 7.11. The van der Waals surface area contributed by atoms with Gasteiger partial charge in [-0.05, 0) is 63.8 Å². The molecule has 0 aromatic heterocycles. The summed E-state index contributed by atoms with van der Waals surface area (Å²) < 4.78 is 63.6. The molecule has 0 radical (unpaired) electrons. The molecule has 0 fully saturated rings. The highest BCUT2D eigenvalue weighted by Gasteiger charge is 2.16. The van der Waals surface area contributed by atoms with Crippen LogP contribution in [0.3, 0.4) is 0 Å². The zero-order chi connectivity index (χ0) is 17.2. The van der Waals surface area contributed by atoms with Crippen LogP contribution in [0.2, 0.25) is 0 Å². The topological polar surface area (TPSA) is 0 Å². The Balaban J connectivity index is 4.16. The first-order chi connectivity index (χ1) is 11.2. The fourth-order valence-electron chi connectivity index (χ4n) is 2.30. The lowest BCUT2D eigenvalue weighted by atomic mass is 9.86. The van der Waals surface area contributed by atoms with Gasteiger partial charge in [0.2, 0.25) is 0 Å². The highest BCUT2D eigenvalue weighted by Crippen LogP contribution is 2.34. The summed E-state index contributed by atoms with van der Waals surface area (Å²) in [5, 5.41) is 0. The van der Waals surface area contributed by atoms with Crippen molar-refractivity contribution in [3.8, 4) is 0 Å². The molecule has 5 heteroatoms. The Morgan fingerprint density at radius 2 is 0.652 bits per heavy atom. The molecular formula is C18H13F5. The van der Waals surface area contributed by atoms with E-state index >= 15 is 0 Å². The van der Waals surface area contributed by atoms with Gasteiger partial charge < -0.3 is 0 Å². The zero-order valence-electron chi connectivity index (χ0n) is 11.9. The van der Waals surface area contributed by atoms with Crippen LogP contribution in [0.15, 0.2) is 38.2 Å². The lowest BCUT2D eigenvalue weighted by Crippen LogP contribution is -2.00. The van der Waals surface area contributed by atoms with Crippen LogP contribution in [0.5, 0.6) is 0 Å². The Hall–Kier alpha value is -2.69. The van der Waals surface area contributed by atoms with E-state index in [0.717, 1.165) is 30.4 Å². The predicted molar refractivity (Wildman–Crippen MR) is 87.2 cm³/mol. The number of hydrogen-bond donors (Lipinski definition) is 0. The Kier molecular flexibility index (Phi) is 7.47. The quantitative estimate of drug-likeness (QED) is 0.493. The molecule has 0 nitrogen and oxygen atoms in total. The molecule has 0 aliphatic rings. The van der Waals surface area contributed by atoms with Crippen molar-refractivity contribution in [2.45, 2.75) is 0 Å². The van der Waals surface area contributed by atoms with Gasteiger partial charge in [-0.15, -0.1) is 0 Å². The van der Waals surface area contributed by atoms with E-state index < -0.39 is 0 Å². The standard InChI is InChI=1S/C18H13F5/c1-2-13-14(3-8-19)16(5-10-21)18(7-12-23)17(6-11-22)15(13)4-9-20/h2-12H,1H2. The van der Waals surface area contributed by atoms with Gasteiger partial charge in [-0.2, -0.15) is 0 Å². The third-order valence-corrected chi connectivity index (χ3v) is 3.09. The molecular weight excluding hydrogens is 311 g/mol. The van der Waals surface area contributed by atoms with Crippen LogP contribution in [0, 0.1) is 0 Å². The number of rotatable bonds is 6. The van der Waals surface area contributed by atoms with Crippen LogP contribution < -0.4 is 0 Å².